The van der Waals surface area contributed by atoms with Gasteiger partial charge in [0.15, 0.2) is 0 Å². The normalized spacial score (nSPS) is 16.1. The van der Waals surface area contributed by atoms with Crippen molar-refractivity contribution in [2.75, 3.05) is 18.1 Å². The van der Waals surface area contributed by atoms with Gasteiger partial charge >= 0.3 is 0 Å². The highest BCUT2D eigenvalue weighted by Gasteiger charge is 2.34. The molecule has 1 aliphatic carbocycles. The lowest BCUT2D eigenvalue weighted by Crippen LogP contribution is -2.36. The Morgan fingerprint density at radius 2 is 2.08 bits per heavy atom. The monoisotopic (exact) mass is 367 g/mol. The van der Waals surface area contributed by atoms with Crippen LogP contribution in [0.4, 0.5) is 5.69 Å². The first kappa shape index (κ1) is 17.1. The van der Waals surface area contributed by atoms with E-state index in [0.717, 1.165) is 37.1 Å². The van der Waals surface area contributed by atoms with Crippen LogP contribution in [-0.4, -0.2) is 34.5 Å². The molecule has 2 heterocycles. The molecule has 2 aliphatic rings. The summed E-state index contributed by atoms with van der Waals surface area (Å²) in [5, 5.41) is 3.68. The van der Waals surface area contributed by atoms with Crippen molar-refractivity contribution in [1.82, 2.24) is 9.88 Å². The predicted octanol–water partition coefficient (Wildman–Crippen LogP) is 3.35. The number of hydrogen-bond acceptors (Lipinski definition) is 4. The van der Waals surface area contributed by atoms with Crippen LogP contribution in [0.15, 0.2) is 41.6 Å². The minimum Gasteiger partial charge on any atom is -0.338 e. The van der Waals surface area contributed by atoms with Crippen LogP contribution in [-0.2, 0) is 17.8 Å². The Balaban J connectivity index is 1.51. The number of aromatic nitrogens is 1. The largest absolute Gasteiger partial charge is 0.338 e. The Morgan fingerprint density at radius 3 is 2.85 bits per heavy atom. The maximum absolute atomic E-state index is 12.6. The summed E-state index contributed by atoms with van der Waals surface area (Å²) in [6.45, 7) is 1.43. The number of anilines is 1. The van der Waals surface area contributed by atoms with Crippen molar-refractivity contribution in [2.45, 2.75) is 30.8 Å². The van der Waals surface area contributed by atoms with E-state index in [4.69, 9.17) is 0 Å². The Morgan fingerprint density at radius 1 is 1.23 bits per heavy atom. The van der Waals surface area contributed by atoms with Crippen LogP contribution >= 0.6 is 11.8 Å². The molecule has 0 saturated heterocycles. The number of carbonyl (C=O) groups excluding carboxylic acids is 2. The molecule has 26 heavy (non-hydrogen) atoms. The Hall–Kier alpha value is -2.34. The lowest BCUT2D eigenvalue weighted by Gasteiger charge is -2.29. The van der Waals surface area contributed by atoms with Gasteiger partial charge in [0.25, 0.3) is 5.91 Å². The third-order valence-corrected chi connectivity index (χ3v) is 5.64. The second-order valence-electron chi connectivity index (χ2n) is 6.78. The summed E-state index contributed by atoms with van der Waals surface area (Å²) in [4.78, 5) is 31.1. The number of carbonyl (C=O) groups is 2. The van der Waals surface area contributed by atoms with E-state index in [1.54, 1.807) is 18.3 Å². The maximum atomic E-state index is 12.6. The van der Waals surface area contributed by atoms with E-state index in [1.807, 2.05) is 23.3 Å². The van der Waals surface area contributed by atoms with Gasteiger partial charge in [-0.1, -0.05) is 6.07 Å². The SMILES string of the molecule is CSc1ncccc1C(=O)Nc1ccc2c(c1)CN(C(=O)C1CC1)CC2. The number of nitrogens with one attached hydrogen (secondary N) is 1. The van der Waals surface area contributed by atoms with Gasteiger partial charge in [0, 0.05) is 30.9 Å². The molecule has 0 bridgehead atoms. The van der Waals surface area contributed by atoms with Crippen molar-refractivity contribution < 1.29 is 9.59 Å². The van der Waals surface area contributed by atoms with Crippen LogP contribution in [0.25, 0.3) is 0 Å². The summed E-state index contributed by atoms with van der Waals surface area (Å²) >= 11 is 1.45. The van der Waals surface area contributed by atoms with E-state index >= 15 is 0 Å². The highest BCUT2D eigenvalue weighted by atomic mass is 32.2. The fraction of sp³-hybridized carbons (Fsp3) is 0.350. The molecule has 0 unspecified atom stereocenters. The zero-order valence-electron chi connectivity index (χ0n) is 14.7. The number of amides is 2. The van der Waals surface area contributed by atoms with Crippen LogP contribution in [0.1, 0.15) is 34.3 Å². The maximum Gasteiger partial charge on any atom is 0.258 e. The smallest absolute Gasteiger partial charge is 0.258 e. The summed E-state index contributed by atoms with van der Waals surface area (Å²) < 4.78 is 0. The van der Waals surface area contributed by atoms with Crippen LogP contribution < -0.4 is 5.32 Å². The summed E-state index contributed by atoms with van der Waals surface area (Å²) in [6.07, 6.45) is 6.53. The summed E-state index contributed by atoms with van der Waals surface area (Å²) in [7, 11) is 0. The molecule has 2 aromatic rings. The average Bonchev–Trinajstić information content (AvgIpc) is 3.52. The van der Waals surface area contributed by atoms with Gasteiger partial charge in [0.05, 0.1) is 5.56 Å². The topological polar surface area (TPSA) is 62.3 Å². The average molecular weight is 367 g/mol. The Bertz CT molecular complexity index is 864. The number of fused-ring (bicyclic) bond motifs is 1. The second-order valence-corrected chi connectivity index (χ2v) is 7.58. The summed E-state index contributed by atoms with van der Waals surface area (Å²) in [6, 6.07) is 9.53. The minimum absolute atomic E-state index is 0.163. The van der Waals surface area contributed by atoms with Gasteiger partial charge in [0.1, 0.15) is 5.03 Å². The molecular formula is C20H21N3O2S. The van der Waals surface area contributed by atoms with Crippen molar-refractivity contribution >= 4 is 29.3 Å². The van der Waals surface area contributed by atoms with Crippen LogP contribution in [0, 0.1) is 5.92 Å². The number of thioether (sulfide) groups is 1. The standard InChI is InChI=1S/C20H21N3O2S/c1-26-19-17(3-2-9-21-19)18(24)22-16-7-6-13-8-10-23(12-15(13)11-16)20(25)14-4-5-14/h2-3,6-7,9,11,14H,4-5,8,10,12H2,1H3,(H,22,24). The quantitative estimate of drug-likeness (QED) is 0.842. The number of benzene rings is 1. The van der Waals surface area contributed by atoms with E-state index in [0.29, 0.717) is 17.1 Å². The molecule has 0 spiro atoms. The summed E-state index contributed by atoms with van der Waals surface area (Å²) in [5.41, 5.74) is 3.71. The minimum atomic E-state index is -0.163. The van der Waals surface area contributed by atoms with E-state index < -0.39 is 0 Å². The zero-order chi connectivity index (χ0) is 18.1. The molecular weight excluding hydrogens is 346 g/mol. The fourth-order valence-corrected chi connectivity index (χ4v) is 3.88. The predicted molar refractivity (Wildman–Crippen MR) is 102 cm³/mol. The Kier molecular flexibility index (Phi) is 4.68. The van der Waals surface area contributed by atoms with Gasteiger partial charge in [-0.15, -0.1) is 11.8 Å². The Labute approximate surface area is 157 Å². The van der Waals surface area contributed by atoms with Gasteiger partial charge < -0.3 is 10.2 Å². The molecule has 1 aromatic heterocycles. The first-order valence-electron chi connectivity index (χ1n) is 8.86. The number of rotatable bonds is 4. The van der Waals surface area contributed by atoms with Crippen molar-refractivity contribution in [1.29, 1.82) is 0 Å². The van der Waals surface area contributed by atoms with Crippen molar-refractivity contribution in [3.8, 4) is 0 Å². The molecule has 2 amide bonds. The van der Waals surface area contributed by atoms with Gasteiger partial charge in [-0.3, -0.25) is 9.59 Å². The molecule has 0 atom stereocenters. The molecule has 134 valence electrons. The molecule has 5 nitrogen and oxygen atoms in total. The number of nitrogens with zero attached hydrogens (tertiary/aromatic N) is 2. The highest BCUT2D eigenvalue weighted by Crippen LogP contribution is 2.33. The first-order chi connectivity index (χ1) is 12.7. The van der Waals surface area contributed by atoms with Crippen molar-refractivity contribution in [3.05, 3.63) is 53.2 Å². The van der Waals surface area contributed by atoms with E-state index in [9.17, 15) is 9.59 Å². The lowest BCUT2D eigenvalue weighted by atomic mass is 9.98. The second kappa shape index (κ2) is 7.11. The first-order valence-corrected chi connectivity index (χ1v) is 10.1. The molecule has 1 N–H and O–H groups in total. The third kappa shape index (κ3) is 3.46. The molecule has 1 saturated carbocycles. The zero-order valence-corrected chi connectivity index (χ0v) is 15.5. The van der Waals surface area contributed by atoms with Crippen LogP contribution in [0.2, 0.25) is 0 Å². The van der Waals surface area contributed by atoms with Crippen LogP contribution in [0.3, 0.4) is 0 Å². The van der Waals surface area contributed by atoms with E-state index in [1.165, 1.54) is 17.3 Å². The van der Waals surface area contributed by atoms with Gasteiger partial charge in [-0.2, -0.15) is 0 Å². The number of hydrogen-bond donors (Lipinski definition) is 1. The molecule has 1 fully saturated rings. The molecule has 4 rings (SSSR count). The molecule has 6 heteroatoms. The van der Waals surface area contributed by atoms with E-state index in [2.05, 4.69) is 16.4 Å². The van der Waals surface area contributed by atoms with Crippen LogP contribution in [0.5, 0.6) is 0 Å². The van der Waals surface area contributed by atoms with Crippen molar-refractivity contribution in [2.24, 2.45) is 5.92 Å². The number of pyridine rings is 1. The third-order valence-electron chi connectivity index (χ3n) is 4.92. The molecule has 0 radical (unpaired) electrons. The summed E-state index contributed by atoms with van der Waals surface area (Å²) in [5.74, 6) is 0.365. The molecule has 1 aromatic carbocycles. The lowest BCUT2D eigenvalue weighted by molar-refractivity contribution is -0.133. The van der Waals surface area contributed by atoms with Gasteiger partial charge in [-0.25, -0.2) is 4.98 Å². The van der Waals surface area contributed by atoms with Gasteiger partial charge in [-0.05, 0) is 60.9 Å². The molecule has 1 aliphatic heterocycles. The highest BCUT2D eigenvalue weighted by molar-refractivity contribution is 7.98. The fourth-order valence-electron chi connectivity index (χ4n) is 3.34. The van der Waals surface area contributed by atoms with Crippen molar-refractivity contribution in [3.63, 3.8) is 0 Å². The van der Waals surface area contributed by atoms with E-state index in [-0.39, 0.29) is 17.7 Å². The van der Waals surface area contributed by atoms with Gasteiger partial charge in [0.2, 0.25) is 5.91 Å².